The van der Waals surface area contributed by atoms with Crippen LogP contribution in [-0.4, -0.2) is 4.57 Å². The van der Waals surface area contributed by atoms with Crippen molar-refractivity contribution in [2.75, 3.05) is 0 Å². The maximum absolute atomic E-state index is 2.50. The minimum absolute atomic E-state index is 0.0266. The van der Waals surface area contributed by atoms with Gasteiger partial charge >= 0.3 is 0 Å². The average Bonchev–Trinajstić information content (AvgIpc) is 4.34. The highest BCUT2D eigenvalue weighted by Crippen LogP contribution is 2.59. The predicted molar refractivity (Wildman–Crippen MR) is 336 cm³/mol. The maximum atomic E-state index is 2.50. The summed E-state index contributed by atoms with van der Waals surface area (Å²) in [6, 6.07) is 100. The number of hydrogen-bond acceptors (Lipinski definition) is 0. The van der Waals surface area contributed by atoms with Crippen LogP contribution in [0.2, 0.25) is 0 Å². The van der Waals surface area contributed by atoms with Crippen LogP contribution in [0.15, 0.2) is 267 Å². The summed E-state index contributed by atoms with van der Waals surface area (Å²) in [7, 11) is 0. The third-order valence-corrected chi connectivity index (χ3v) is 17.2. The Morgan fingerprint density at radius 3 is 0.987 bits per heavy atom. The van der Waals surface area contributed by atoms with E-state index in [0.717, 1.165) is 5.69 Å². The molecule has 0 radical (unpaired) electrons. The van der Waals surface area contributed by atoms with E-state index in [1.54, 1.807) is 0 Å². The molecule has 2 aliphatic carbocycles. The summed E-state index contributed by atoms with van der Waals surface area (Å²) >= 11 is 0. The van der Waals surface area contributed by atoms with Gasteiger partial charge in [0.05, 0.1) is 11.0 Å². The minimum atomic E-state index is 0.0266. The number of aromatic nitrogens is 1. The van der Waals surface area contributed by atoms with Crippen molar-refractivity contribution in [2.24, 2.45) is 0 Å². The van der Waals surface area contributed by atoms with Gasteiger partial charge in [0.2, 0.25) is 0 Å². The van der Waals surface area contributed by atoms with Crippen LogP contribution in [0.1, 0.15) is 26.3 Å². The number of fused-ring (bicyclic) bond motifs is 9. The van der Waals surface area contributed by atoms with Crippen molar-refractivity contribution in [3.05, 3.63) is 272 Å². The highest BCUT2D eigenvalue weighted by molar-refractivity contribution is 6.25. The summed E-state index contributed by atoms with van der Waals surface area (Å²) in [5, 5.41) is 7.61. The molecule has 13 aromatic carbocycles. The second kappa shape index (κ2) is 17.3. The van der Waals surface area contributed by atoms with E-state index in [9.17, 15) is 0 Å². The smallest absolute Gasteiger partial charge is 0.0541 e. The van der Waals surface area contributed by atoms with Gasteiger partial charge in [-0.05, 0) is 192 Å². The molecule has 0 atom stereocenters. The van der Waals surface area contributed by atoms with Gasteiger partial charge in [-0.25, -0.2) is 0 Å². The Kier molecular flexibility index (Phi) is 9.97. The molecule has 0 amide bonds. The van der Waals surface area contributed by atoms with Crippen LogP contribution in [0.3, 0.4) is 0 Å². The topological polar surface area (TPSA) is 4.93 Å². The molecule has 14 aromatic rings. The van der Waals surface area contributed by atoms with Gasteiger partial charge in [-0.3, -0.25) is 0 Å². The summed E-state index contributed by atoms with van der Waals surface area (Å²) in [5.41, 5.74) is 29.9. The minimum Gasteiger partial charge on any atom is -0.309 e. The van der Waals surface area contributed by atoms with E-state index < -0.39 is 0 Å². The van der Waals surface area contributed by atoms with Gasteiger partial charge in [0.25, 0.3) is 0 Å². The molecular formula is C78H53N. The standard InChI is InChI=1S/C78H53N/c1-78(2,3)56-38-40-57(41-39-56)79-68-42-36-54(64-46-62(48-20-8-4-9-21-48)74-58-32-16-28-50-30-18-34-60(70(50)58)76(74)72(64)52-24-12-6-13-25-52)44-66(68)67-45-55(37-43-69(67)79)65-47-63(49-22-10-5-11-23-49)75-59-33-17-29-51-31-19-35-61(71(51)59)77(75)73(65)53-26-14-7-15-27-53/h4-47H,1-3H3. The molecule has 0 spiro atoms. The summed E-state index contributed by atoms with van der Waals surface area (Å²) < 4.78 is 2.49. The zero-order valence-corrected chi connectivity index (χ0v) is 44.4. The van der Waals surface area contributed by atoms with Gasteiger partial charge < -0.3 is 4.57 Å². The van der Waals surface area contributed by atoms with E-state index >= 15 is 0 Å². The molecule has 0 saturated heterocycles. The lowest BCUT2D eigenvalue weighted by Crippen LogP contribution is -2.10. The van der Waals surface area contributed by atoms with Crippen molar-refractivity contribution in [1.29, 1.82) is 0 Å². The largest absolute Gasteiger partial charge is 0.309 e. The summed E-state index contributed by atoms with van der Waals surface area (Å²) in [6.07, 6.45) is 0. The summed E-state index contributed by atoms with van der Waals surface area (Å²) in [5.74, 6) is 0. The first kappa shape index (κ1) is 45.4. The van der Waals surface area contributed by atoms with Crippen LogP contribution in [0.4, 0.5) is 0 Å². The molecule has 1 heteroatoms. The van der Waals surface area contributed by atoms with E-state index in [2.05, 4.69) is 292 Å². The van der Waals surface area contributed by atoms with Crippen LogP contribution in [0.5, 0.6) is 0 Å². The van der Waals surface area contributed by atoms with Crippen molar-refractivity contribution in [2.45, 2.75) is 26.2 Å². The van der Waals surface area contributed by atoms with Crippen LogP contribution < -0.4 is 0 Å². The first-order valence-corrected chi connectivity index (χ1v) is 27.7. The maximum Gasteiger partial charge on any atom is 0.0541 e. The first-order chi connectivity index (χ1) is 38.9. The van der Waals surface area contributed by atoms with Gasteiger partial charge in [-0.15, -0.1) is 0 Å². The third-order valence-electron chi connectivity index (χ3n) is 17.2. The predicted octanol–water partition coefficient (Wildman–Crippen LogP) is 21.7. The van der Waals surface area contributed by atoms with Crippen molar-refractivity contribution in [3.8, 4) is 117 Å². The lowest BCUT2D eigenvalue weighted by atomic mass is 9.82. The number of nitrogens with zero attached hydrogens (tertiary/aromatic N) is 1. The fourth-order valence-corrected chi connectivity index (χ4v) is 13.7. The SMILES string of the molecule is CC(C)(C)c1ccc(-n2c3ccc(-c4cc(-c5ccccc5)c5c(c4-c4ccccc4)-c4cccc6cccc-5c46)cc3c3cc(-c4cc(-c5ccccc5)c5c(c4-c4ccccc4)-c4cccc6cccc-5c46)ccc32)cc1. The lowest BCUT2D eigenvalue weighted by Gasteiger charge is -2.21. The molecule has 0 N–H and O–H groups in total. The Morgan fingerprint density at radius 1 is 0.253 bits per heavy atom. The monoisotopic (exact) mass is 1000 g/mol. The molecule has 1 aromatic heterocycles. The first-order valence-electron chi connectivity index (χ1n) is 27.7. The van der Waals surface area contributed by atoms with E-state index in [1.165, 1.54) is 160 Å². The van der Waals surface area contributed by atoms with E-state index in [1.807, 2.05) is 0 Å². The lowest BCUT2D eigenvalue weighted by molar-refractivity contribution is 0.590. The molecule has 0 fully saturated rings. The Balaban J connectivity index is 1.01. The molecule has 0 saturated carbocycles. The molecule has 16 rings (SSSR count). The highest BCUT2D eigenvalue weighted by Gasteiger charge is 2.33. The zero-order valence-electron chi connectivity index (χ0n) is 44.4. The molecule has 2 aliphatic rings. The molecule has 1 heterocycles. The Morgan fingerprint density at radius 2 is 0.608 bits per heavy atom. The van der Waals surface area contributed by atoms with Gasteiger partial charge in [0.15, 0.2) is 0 Å². The third kappa shape index (κ3) is 6.89. The molecule has 370 valence electrons. The van der Waals surface area contributed by atoms with Crippen LogP contribution in [0, 0.1) is 0 Å². The van der Waals surface area contributed by atoms with Crippen molar-refractivity contribution in [3.63, 3.8) is 0 Å². The van der Waals surface area contributed by atoms with Crippen molar-refractivity contribution >= 4 is 43.4 Å². The Hall–Kier alpha value is -9.82. The molecule has 0 aliphatic heterocycles. The Labute approximate surface area is 461 Å². The van der Waals surface area contributed by atoms with Crippen molar-refractivity contribution in [1.82, 2.24) is 4.57 Å². The zero-order chi connectivity index (χ0) is 52.5. The van der Waals surface area contributed by atoms with Crippen molar-refractivity contribution < 1.29 is 0 Å². The normalized spacial score (nSPS) is 12.2. The highest BCUT2D eigenvalue weighted by atomic mass is 15.0. The van der Waals surface area contributed by atoms with Crippen LogP contribution >= 0.6 is 0 Å². The molecule has 1 nitrogen and oxygen atoms in total. The second-order valence-electron chi connectivity index (χ2n) is 22.7. The second-order valence-corrected chi connectivity index (χ2v) is 22.7. The average molecular weight is 1000 g/mol. The number of benzene rings is 13. The van der Waals surface area contributed by atoms with Gasteiger partial charge in [-0.1, -0.05) is 239 Å². The summed E-state index contributed by atoms with van der Waals surface area (Å²) in [4.78, 5) is 0. The quantitative estimate of drug-likeness (QED) is 0.150. The Bertz CT molecular complexity index is 4520. The van der Waals surface area contributed by atoms with Gasteiger partial charge in [0, 0.05) is 16.5 Å². The molecule has 0 bridgehead atoms. The molecule has 79 heavy (non-hydrogen) atoms. The fraction of sp³-hybridized carbons (Fsp3) is 0.0513. The fourth-order valence-electron chi connectivity index (χ4n) is 13.7. The molecule has 0 unspecified atom stereocenters. The van der Waals surface area contributed by atoms with Gasteiger partial charge in [0.1, 0.15) is 0 Å². The van der Waals surface area contributed by atoms with E-state index in [-0.39, 0.29) is 5.41 Å². The van der Waals surface area contributed by atoms with E-state index in [4.69, 9.17) is 0 Å². The number of hydrogen-bond donors (Lipinski definition) is 0. The van der Waals surface area contributed by atoms with Gasteiger partial charge in [-0.2, -0.15) is 0 Å². The molecular weight excluding hydrogens is 951 g/mol. The summed E-state index contributed by atoms with van der Waals surface area (Å²) in [6.45, 7) is 6.88. The van der Waals surface area contributed by atoms with Crippen LogP contribution in [-0.2, 0) is 5.41 Å². The van der Waals surface area contributed by atoms with Crippen LogP contribution in [0.25, 0.3) is 160 Å². The van der Waals surface area contributed by atoms with E-state index in [0.29, 0.717) is 0 Å². The number of rotatable bonds is 7.